The van der Waals surface area contributed by atoms with Gasteiger partial charge in [-0.05, 0) is 37.1 Å². The van der Waals surface area contributed by atoms with Gasteiger partial charge in [0.05, 0.1) is 5.56 Å². The van der Waals surface area contributed by atoms with Crippen molar-refractivity contribution in [1.29, 1.82) is 0 Å². The van der Waals surface area contributed by atoms with Crippen LogP contribution in [0.1, 0.15) is 21.5 Å². The van der Waals surface area contributed by atoms with E-state index < -0.39 is 0 Å². The van der Waals surface area contributed by atoms with Gasteiger partial charge in [-0.3, -0.25) is 9.69 Å². The van der Waals surface area contributed by atoms with Crippen LogP contribution < -0.4 is 15.1 Å². The first-order valence-electron chi connectivity index (χ1n) is 9.52. The molecule has 2 saturated heterocycles. The number of carbonyl (C=O) groups excluding carboxylic acids is 2. The van der Waals surface area contributed by atoms with Crippen molar-refractivity contribution in [2.45, 2.75) is 13.8 Å². The van der Waals surface area contributed by atoms with E-state index in [9.17, 15) is 9.59 Å². The molecule has 0 spiro atoms. The van der Waals surface area contributed by atoms with Crippen LogP contribution in [0.15, 0.2) is 30.6 Å². The van der Waals surface area contributed by atoms with Crippen molar-refractivity contribution in [1.82, 2.24) is 20.2 Å². The molecule has 0 radical (unpaired) electrons. The third-order valence-electron chi connectivity index (χ3n) is 5.18. The highest BCUT2D eigenvalue weighted by molar-refractivity contribution is 5.96. The van der Waals surface area contributed by atoms with E-state index >= 15 is 0 Å². The van der Waals surface area contributed by atoms with Gasteiger partial charge in [-0.25, -0.2) is 14.8 Å². The van der Waals surface area contributed by atoms with Crippen molar-refractivity contribution in [3.05, 3.63) is 47.3 Å². The number of piperazine rings is 1. The van der Waals surface area contributed by atoms with Crippen LogP contribution in [-0.4, -0.2) is 66.1 Å². The summed E-state index contributed by atoms with van der Waals surface area (Å²) in [4.78, 5) is 39.0. The van der Waals surface area contributed by atoms with Crippen molar-refractivity contribution < 1.29 is 9.59 Å². The summed E-state index contributed by atoms with van der Waals surface area (Å²) in [6.07, 6.45) is 3.44. The molecule has 2 aliphatic heterocycles. The summed E-state index contributed by atoms with van der Waals surface area (Å²) in [5, 5.41) is 2.74. The minimum atomic E-state index is -0.150. The molecular weight excluding hydrogens is 356 g/mol. The Morgan fingerprint density at radius 2 is 1.82 bits per heavy atom. The summed E-state index contributed by atoms with van der Waals surface area (Å²) >= 11 is 0. The van der Waals surface area contributed by atoms with Gasteiger partial charge in [0.25, 0.3) is 5.91 Å². The first kappa shape index (κ1) is 18.2. The van der Waals surface area contributed by atoms with Crippen molar-refractivity contribution in [2.75, 3.05) is 49.1 Å². The molecule has 146 valence electrons. The Hall–Kier alpha value is -3.16. The molecule has 2 aromatic heterocycles. The van der Waals surface area contributed by atoms with Crippen LogP contribution >= 0.6 is 0 Å². The molecule has 8 heteroatoms. The zero-order valence-electron chi connectivity index (χ0n) is 16.2. The quantitative estimate of drug-likeness (QED) is 0.874. The number of hydrogen-bond donors (Lipinski definition) is 1. The van der Waals surface area contributed by atoms with Crippen LogP contribution in [0.3, 0.4) is 0 Å². The number of nitrogens with zero attached hydrogens (tertiary/aromatic N) is 5. The maximum absolute atomic E-state index is 12.8. The molecule has 3 amide bonds. The molecule has 1 N–H and O–H groups in total. The second-order valence-electron chi connectivity index (χ2n) is 7.22. The van der Waals surface area contributed by atoms with Crippen molar-refractivity contribution >= 4 is 23.6 Å². The zero-order chi connectivity index (χ0) is 19.7. The van der Waals surface area contributed by atoms with Gasteiger partial charge in [0.15, 0.2) is 0 Å². The minimum Gasteiger partial charge on any atom is -0.353 e. The molecule has 0 bridgehead atoms. The standard InChI is InChI=1S/C20H24N6O2/c1-14-11-15(2)18(23-12-14)24-7-9-25(10-8-24)19(27)16-3-4-17(22-13-16)26-6-5-21-20(26)28/h3-4,11-13H,5-10H2,1-2H3,(H,21,28). The maximum Gasteiger partial charge on any atom is 0.323 e. The summed E-state index contributed by atoms with van der Waals surface area (Å²) < 4.78 is 0. The van der Waals surface area contributed by atoms with Gasteiger partial charge in [-0.1, -0.05) is 6.07 Å². The Morgan fingerprint density at radius 3 is 2.43 bits per heavy atom. The number of amides is 3. The lowest BCUT2D eigenvalue weighted by Gasteiger charge is -2.36. The number of anilines is 2. The van der Waals surface area contributed by atoms with Crippen molar-refractivity contribution in [2.24, 2.45) is 0 Å². The lowest BCUT2D eigenvalue weighted by molar-refractivity contribution is 0.0746. The van der Waals surface area contributed by atoms with Crippen LogP contribution in [-0.2, 0) is 0 Å². The Kier molecular flexibility index (Phi) is 4.85. The number of aromatic nitrogens is 2. The Morgan fingerprint density at radius 1 is 1.04 bits per heavy atom. The third kappa shape index (κ3) is 3.49. The number of urea groups is 1. The predicted octanol–water partition coefficient (Wildman–Crippen LogP) is 1.59. The average Bonchev–Trinajstić information content (AvgIpc) is 3.14. The van der Waals surface area contributed by atoms with E-state index in [-0.39, 0.29) is 11.9 Å². The summed E-state index contributed by atoms with van der Waals surface area (Å²) in [7, 11) is 0. The molecule has 2 aromatic rings. The van der Waals surface area contributed by atoms with E-state index in [2.05, 4.69) is 33.2 Å². The average molecular weight is 380 g/mol. The molecule has 8 nitrogen and oxygen atoms in total. The molecule has 4 heterocycles. The normalized spacial score (nSPS) is 17.1. The number of nitrogens with one attached hydrogen (secondary N) is 1. The largest absolute Gasteiger partial charge is 0.353 e. The fourth-order valence-electron chi connectivity index (χ4n) is 3.71. The van der Waals surface area contributed by atoms with Gasteiger partial charge in [0.1, 0.15) is 11.6 Å². The number of carbonyl (C=O) groups is 2. The molecule has 2 fully saturated rings. The zero-order valence-corrected chi connectivity index (χ0v) is 16.2. The topological polar surface area (TPSA) is 81.7 Å². The molecule has 28 heavy (non-hydrogen) atoms. The van der Waals surface area contributed by atoms with Crippen LogP contribution in [0.4, 0.5) is 16.4 Å². The molecular formula is C20H24N6O2. The van der Waals surface area contributed by atoms with Gasteiger partial charge in [0.2, 0.25) is 0 Å². The second kappa shape index (κ2) is 7.46. The van der Waals surface area contributed by atoms with Gasteiger partial charge in [-0.15, -0.1) is 0 Å². The molecule has 4 rings (SSSR count). The van der Waals surface area contributed by atoms with Gasteiger partial charge in [0, 0.05) is 51.7 Å². The molecule has 0 unspecified atom stereocenters. The van der Waals surface area contributed by atoms with Crippen molar-refractivity contribution in [3.63, 3.8) is 0 Å². The Balaban J connectivity index is 1.39. The minimum absolute atomic E-state index is 0.0295. The summed E-state index contributed by atoms with van der Waals surface area (Å²) in [6, 6.07) is 5.46. The van der Waals surface area contributed by atoms with E-state index in [0.717, 1.165) is 30.0 Å². The van der Waals surface area contributed by atoms with E-state index in [1.165, 1.54) is 0 Å². The highest BCUT2D eigenvalue weighted by Crippen LogP contribution is 2.20. The van der Waals surface area contributed by atoms with Gasteiger partial charge < -0.3 is 15.1 Å². The van der Waals surface area contributed by atoms with E-state index in [1.54, 1.807) is 23.2 Å². The van der Waals surface area contributed by atoms with Crippen LogP contribution in [0.5, 0.6) is 0 Å². The summed E-state index contributed by atoms with van der Waals surface area (Å²) in [5.41, 5.74) is 2.85. The lowest BCUT2D eigenvalue weighted by atomic mass is 10.2. The van der Waals surface area contributed by atoms with Crippen LogP contribution in [0, 0.1) is 13.8 Å². The molecule has 0 atom stereocenters. The van der Waals surface area contributed by atoms with E-state index in [0.29, 0.717) is 37.6 Å². The van der Waals surface area contributed by atoms with E-state index in [4.69, 9.17) is 0 Å². The fraction of sp³-hybridized carbons (Fsp3) is 0.400. The maximum atomic E-state index is 12.8. The SMILES string of the molecule is Cc1cnc(N2CCN(C(=O)c3ccc(N4CCNC4=O)nc3)CC2)c(C)c1. The number of pyridine rings is 2. The predicted molar refractivity (Wildman–Crippen MR) is 107 cm³/mol. The smallest absolute Gasteiger partial charge is 0.323 e. The van der Waals surface area contributed by atoms with Crippen LogP contribution in [0.25, 0.3) is 0 Å². The first-order valence-corrected chi connectivity index (χ1v) is 9.52. The molecule has 0 aromatic carbocycles. The number of rotatable bonds is 3. The lowest BCUT2D eigenvalue weighted by Crippen LogP contribution is -2.49. The van der Waals surface area contributed by atoms with Gasteiger partial charge in [-0.2, -0.15) is 0 Å². The summed E-state index contributed by atoms with van der Waals surface area (Å²) in [5.74, 6) is 1.53. The van der Waals surface area contributed by atoms with E-state index in [1.807, 2.05) is 18.0 Å². The highest BCUT2D eigenvalue weighted by Gasteiger charge is 2.25. The molecule has 0 aliphatic carbocycles. The number of aryl methyl sites for hydroxylation is 2. The highest BCUT2D eigenvalue weighted by atomic mass is 16.2. The second-order valence-corrected chi connectivity index (χ2v) is 7.22. The fourth-order valence-corrected chi connectivity index (χ4v) is 3.71. The monoisotopic (exact) mass is 380 g/mol. The van der Waals surface area contributed by atoms with Crippen molar-refractivity contribution in [3.8, 4) is 0 Å². The van der Waals surface area contributed by atoms with Gasteiger partial charge >= 0.3 is 6.03 Å². The number of hydrogen-bond acceptors (Lipinski definition) is 5. The molecule has 2 aliphatic rings. The Bertz CT molecular complexity index is 890. The summed E-state index contributed by atoms with van der Waals surface area (Å²) in [6.45, 7) is 8.10. The molecule has 0 saturated carbocycles. The first-order chi connectivity index (χ1) is 13.5. The Labute approximate surface area is 164 Å². The van der Waals surface area contributed by atoms with Crippen LogP contribution in [0.2, 0.25) is 0 Å². The third-order valence-corrected chi connectivity index (χ3v) is 5.18.